The number of carbonyl (C=O) groups excluding carboxylic acids is 4. The third kappa shape index (κ3) is 11.9. The molecule has 0 aliphatic carbocycles. The maximum absolute atomic E-state index is 14.7. The highest BCUT2D eigenvalue weighted by Crippen LogP contribution is 2.27. The van der Waals surface area contributed by atoms with Gasteiger partial charge in [-0.05, 0) is 79.0 Å². The lowest BCUT2D eigenvalue weighted by Gasteiger charge is -2.38. The van der Waals surface area contributed by atoms with Crippen molar-refractivity contribution in [1.82, 2.24) is 15.5 Å². The Balaban J connectivity index is 2.07. The predicted molar refractivity (Wildman–Crippen MR) is 187 cm³/mol. The molecule has 0 bridgehead atoms. The maximum atomic E-state index is 14.7. The molecule has 9 heteroatoms. The van der Waals surface area contributed by atoms with Crippen LogP contribution in [0.3, 0.4) is 0 Å². The zero-order valence-electron chi connectivity index (χ0n) is 29.7. The van der Waals surface area contributed by atoms with Crippen molar-refractivity contribution in [2.75, 3.05) is 0 Å². The van der Waals surface area contributed by atoms with E-state index in [2.05, 4.69) is 10.6 Å². The van der Waals surface area contributed by atoms with Crippen LogP contribution in [0.25, 0.3) is 0 Å². The molecule has 0 heterocycles. The number of nitrogens with one attached hydrogen (secondary N) is 2. The van der Waals surface area contributed by atoms with E-state index in [1.165, 1.54) is 4.90 Å². The van der Waals surface area contributed by atoms with E-state index in [0.29, 0.717) is 5.56 Å². The second-order valence-corrected chi connectivity index (χ2v) is 14.3. The van der Waals surface area contributed by atoms with Crippen LogP contribution in [0.1, 0.15) is 83.7 Å². The van der Waals surface area contributed by atoms with Crippen molar-refractivity contribution in [3.05, 3.63) is 107 Å². The number of alkyl carbamates (subject to hydrolysis) is 1. The minimum absolute atomic E-state index is 0.166. The Morgan fingerprint density at radius 1 is 0.667 bits per heavy atom. The average Bonchev–Trinajstić information content (AvgIpc) is 2.98. The fourth-order valence-corrected chi connectivity index (χ4v) is 5.21. The quantitative estimate of drug-likeness (QED) is 0.216. The second kappa shape index (κ2) is 16.4. The first-order valence-electron chi connectivity index (χ1n) is 16.4. The molecule has 2 N–H and O–H groups in total. The molecule has 48 heavy (non-hydrogen) atoms. The molecule has 0 fully saturated rings. The smallest absolute Gasteiger partial charge is 0.408 e. The topological polar surface area (TPSA) is 114 Å². The fourth-order valence-electron chi connectivity index (χ4n) is 5.21. The van der Waals surface area contributed by atoms with Gasteiger partial charge in [0, 0.05) is 18.9 Å². The molecule has 0 aliphatic rings. The summed E-state index contributed by atoms with van der Waals surface area (Å²) in [6, 6.07) is 22.3. The lowest BCUT2D eigenvalue weighted by molar-refractivity contribution is -0.159. The summed E-state index contributed by atoms with van der Waals surface area (Å²) in [5, 5.41) is 5.70. The molecule has 0 aromatic heterocycles. The van der Waals surface area contributed by atoms with Crippen molar-refractivity contribution < 1.29 is 28.7 Å². The summed E-state index contributed by atoms with van der Waals surface area (Å²) >= 11 is 0. The van der Waals surface area contributed by atoms with Crippen molar-refractivity contribution in [2.24, 2.45) is 0 Å². The number of hydrogen-bond acceptors (Lipinski definition) is 6. The zero-order chi connectivity index (χ0) is 35.6. The number of nitrogens with zero attached hydrogens (tertiary/aromatic N) is 1. The SMILES string of the molecule is Cc1ccc(C(C(=O)NC(Cc2ccccc2)C(=O)OC(C)(C)C)N(C(=O)C(Cc2ccccc2)NC(=O)OC(C)(C)C)C(C)C)cc1. The molecule has 9 nitrogen and oxygen atoms in total. The highest BCUT2D eigenvalue weighted by atomic mass is 16.6. The summed E-state index contributed by atoms with van der Waals surface area (Å²) in [7, 11) is 0. The molecule has 3 amide bonds. The standard InChI is InChI=1S/C39H51N3O6/c1-26(2)42(35(44)31(24-28-16-12-10-13-17-28)41-37(46)48-39(7,8)9)33(30-22-20-27(3)21-23-30)34(43)40-32(36(45)47-38(4,5)6)25-29-18-14-11-15-19-29/h10-23,26,31-33H,24-25H2,1-9H3,(H,40,43)(H,41,46). The molecule has 0 spiro atoms. The second-order valence-electron chi connectivity index (χ2n) is 14.3. The van der Waals surface area contributed by atoms with Gasteiger partial charge in [0.15, 0.2) is 0 Å². The molecule has 0 saturated heterocycles. The molecule has 0 aliphatic heterocycles. The number of aryl methyl sites for hydroxylation is 1. The molecule has 3 unspecified atom stereocenters. The summed E-state index contributed by atoms with van der Waals surface area (Å²) in [6.07, 6.45) is -0.391. The van der Waals surface area contributed by atoms with Gasteiger partial charge >= 0.3 is 12.1 Å². The first-order valence-corrected chi connectivity index (χ1v) is 16.4. The molecule has 3 aromatic carbocycles. The van der Waals surface area contributed by atoms with Crippen molar-refractivity contribution in [2.45, 2.75) is 111 Å². The lowest BCUT2D eigenvalue weighted by atomic mass is 9.97. The molecular weight excluding hydrogens is 606 g/mol. The van der Waals surface area contributed by atoms with Gasteiger partial charge in [-0.3, -0.25) is 9.59 Å². The summed E-state index contributed by atoms with van der Waals surface area (Å²) in [4.78, 5) is 57.2. The van der Waals surface area contributed by atoms with E-state index in [9.17, 15) is 19.2 Å². The first-order chi connectivity index (χ1) is 22.4. The van der Waals surface area contributed by atoms with E-state index in [-0.39, 0.29) is 12.8 Å². The summed E-state index contributed by atoms with van der Waals surface area (Å²) in [5.74, 6) is -1.61. The summed E-state index contributed by atoms with van der Waals surface area (Å²) < 4.78 is 11.2. The molecule has 3 aromatic rings. The number of benzene rings is 3. The summed E-state index contributed by atoms with van der Waals surface area (Å²) in [5.41, 5.74) is 1.61. The van der Waals surface area contributed by atoms with Crippen LogP contribution in [0.15, 0.2) is 84.9 Å². The van der Waals surface area contributed by atoms with Crippen molar-refractivity contribution >= 4 is 23.9 Å². The van der Waals surface area contributed by atoms with Gasteiger partial charge in [-0.2, -0.15) is 0 Å². The van der Waals surface area contributed by atoms with Crippen LogP contribution in [0.2, 0.25) is 0 Å². The van der Waals surface area contributed by atoms with Crippen LogP contribution < -0.4 is 10.6 Å². The van der Waals surface area contributed by atoms with Gasteiger partial charge in [0.2, 0.25) is 11.8 Å². The largest absolute Gasteiger partial charge is 0.458 e. The van der Waals surface area contributed by atoms with E-state index >= 15 is 0 Å². The monoisotopic (exact) mass is 657 g/mol. The minimum Gasteiger partial charge on any atom is -0.458 e. The van der Waals surface area contributed by atoms with Gasteiger partial charge in [0.1, 0.15) is 29.3 Å². The van der Waals surface area contributed by atoms with Crippen molar-refractivity contribution in [3.8, 4) is 0 Å². The van der Waals surface area contributed by atoms with E-state index in [1.54, 1.807) is 53.7 Å². The number of rotatable bonds is 12. The number of esters is 1. The number of amides is 3. The Kier molecular flexibility index (Phi) is 12.9. The molecule has 0 saturated carbocycles. The predicted octanol–water partition coefficient (Wildman–Crippen LogP) is 6.48. The number of ether oxygens (including phenoxy) is 2. The Hall–Kier alpha value is -4.66. The molecule has 258 valence electrons. The molecular formula is C39H51N3O6. The average molecular weight is 658 g/mol. The van der Waals surface area contributed by atoms with Crippen LogP contribution in [-0.2, 0) is 36.7 Å². The van der Waals surface area contributed by atoms with Crippen LogP contribution >= 0.6 is 0 Å². The Morgan fingerprint density at radius 3 is 1.60 bits per heavy atom. The van der Waals surface area contributed by atoms with Crippen molar-refractivity contribution in [3.63, 3.8) is 0 Å². The normalized spacial score (nSPS) is 13.5. The third-order valence-electron chi connectivity index (χ3n) is 7.29. The van der Waals surface area contributed by atoms with Crippen LogP contribution in [0.5, 0.6) is 0 Å². The van der Waals surface area contributed by atoms with Gasteiger partial charge in [-0.1, -0.05) is 90.5 Å². The highest BCUT2D eigenvalue weighted by molar-refractivity contribution is 5.94. The maximum Gasteiger partial charge on any atom is 0.408 e. The van der Waals surface area contributed by atoms with E-state index in [0.717, 1.165) is 16.7 Å². The van der Waals surface area contributed by atoms with Crippen LogP contribution in [0, 0.1) is 6.92 Å². The van der Waals surface area contributed by atoms with Gasteiger partial charge in [0.25, 0.3) is 0 Å². The Labute approximate surface area is 285 Å². The van der Waals surface area contributed by atoms with E-state index in [4.69, 9.17) is 9.47 Å². The fraction of sp³-hybridized carbons (Fsp3) is 0.436. The van der Waals surface area contributed by atoms with Gasteiger partial charge in [-0.15, -0.1) is 0 Å². The molecule has 0 radical (unpaired) electrons. The highest BCUT2D eigenvalue weighted by Gasteiger charge is 2.39. The summed E-state index contributed by atoms with van der Waals surface area (Å²) in [6.45, 7) is 16.1. The third-order valence-corrected chi connectivity index (χ3v) is 7.29. The minimum atomic E-state index is -1.14. The Morgan fingerprint density at radius 2 is 1.15 bits per heavy atom. The van der Waals surface area contributed by atoms with E-state index in [1.807, 2.05) is 93.6 Å². The van der Waals surface area contributed by atoms with Gasteiger partial charge in [0.05, 0.1) is 0 Å². The van der Waals surface area contributed by atoms with Gasteiger partial charge in [-0.25, -0.2) is 9.59 Å². The molecule has 3 atom stereocenters. The van der Waals surface area contributed by atoms with Gasteiger partial charge < -0.3 is 25.0 Å². The number of carbonyl (C=O) groups is 4. The Bertz CT molecular complexity index is 1510. The van der Waals surface area contributed by atoms with Crippen LogP contribution in [0.4, 0.5) is 4.79 Å². The van der Waals surface area contributed by atoms with E-state index < -0.39 is 59.2 Å². The first kappa shape index (κ1) is 37.8. The van der Waals surface area contributed by atoms with Crippen LogP contribution in [-0.4, -0.2) is 58.1 Å². The molecule has 3 rings (SSSR count). The van der Waals surface area contributed by atoms with Crippen molar-refractivity contribution in [1.29, 1.82) is 0 Å². The lowest BCUT2D eigenvalue weighted by Crippen LogP contribution is -2.57. The number of hydrogen-bond donors (Lipinski definition) is 2. The zero-order valence-corrected chi connectivity index (χ0v) is 29.7.